The van der Waals surface area contributed by atoms with Gasteiger partial charge in [-0.1, -0.05) is 30.3 Å². The molecular weight excluding hydrogens is 291 g/mol. The number of hydrogen-bond acceptors (Lipinski definition) is 2. The Labute approximate surface area is 127 Å². The van der Waals surface area contributed by atoms with Crippen LogP contribution in [0.4, 0.5) is 13.2 Å². The van der Waals surface area contributed by atoms with Crippen molar-refractivity contribution >= 4 is 0 Å². The Balaban J connectivity index is 2.26. The summed E-state index contributed by atoms with van der Waals surface area (Å²) in [4.78, 5) is 0. The van der Waals surface area contributed by atoms with Gasteiger partial charge in [-0.3, -0.25) is 0 Å². The van der Waals surface area contributed by atoms with Crippen LogP contribution in [0.15, 0.2) is 36.4 Å². The van der Waals surface area contributed by atoms with Crippen molar-refractivity contribution in [3.8, 4) is 5.75 Å². The zero-order valence-corrected chi connectivity index (χ0v) is 12.7. The second-order valence-electron chi connectivity index (χ2n) is 5.11. The van der Waals surface area contributed by atoms with E-state index < -0.39 is 29.3 Å². The summed E-state index contributed by atoms with van der Waals surface area (Å²) >= 11 is 0. The molecule has 0 aromatic heterocycles. The molecule has 0 amide bonds. The molecule has 0 radical (unpaired) electrons. The number of halogens is 3. The van der Waals surface area contributed by atoms with Crippen LogP contribution in [-0.4, -0.2) is 13.2 Å². The standard InChI is InChI=1S/C17H18F3NO/c1-10-13(18)9-14(16(20)15(10)19)22-11(2)17(21-3)12-7-5-4-6-8-12/h4-9,11,17,21H,1-3H3. The molecule has 0 aliphatic rings. The summed E-state index contributed by atoms with van der Waals surface area (Å²) in [6.07, 6.45) is -0.525. The minimum absolute atomic E-state index is 0.243. The summed E-state index contributed by atoms with van der Waals surface area (Å²) in [5.74, 6) is -3.65. The van der Waals surface area contributed by atoms with Gasteiger partial charge < -0.3 is 10.1 Å². The van der Waals surface area contributed by atoms with Crippen molar-refractivity contribution in [2.24, 2.45) is 0 Å². The molecule has 0 aliphatic heterocycles. The maximum atomic E-state index is 13.9. The van der Waals surface area contributed by atoms with Gasteiger partial charge in [0, 0.05) is 11.6 Å². The van der Waals surface area contributed by atoms with E-state index in [1.165, 1.54) is 6.92 Å². The number of benzene rings is 2. The van der Waals surface area contributed by atoms with E-state index in [2.05, 4.69) is 5.32 Å². The quantitative estimate of drug-likeness (QED) is 0.838. The van der Waals surface area contributed by atoms with Gasteiger partial charge in [0.2, 0.25) is 5.82 Å². The summed E-state index contributed by atoms with van der Waals surface area (Å²) in [6.45, 7) is 2.89. The second-order valence-corrected chi connectivity index (χ2v) is 5.11. The third-order valence-electron chi connectivity index (χ3n) is 3.61. The van der Waals surface area contributed by atoms with Gasteiger partial charge in [-0.15, -0.1) is 0 Å². The number of ether oxygens (including phenoxy) is 1. The molecule has 5 heteroatoms. The van der Waals surface area contributed by atoms with Crippen molar-refractivity contribution in [1.82, 2.24) is 5.32 Å². The predicted molar refractivity (Wildman–Crippen MR) is 79.4 cm³/mol. The molecule has 2 atom stereocenters. The number of nitrogens with one attached hydrogen (secondary N) is 1. The molecule has 2 aromatic rings. The Morgan fingerprint density at radius 3 is 2.27 bits per heavy atom. The van der Waals surface area contributed by atoms with Gasteiger partial charge in [-0.2, -0.15) is 4.39 Å². The molecule has 0 heterocycles. The molecule has 1 N–H and O–H groups in total. The fraction of sp³-hybridized carbons (Fsp3) is 0.294. The van der Waals surface area contributed by atoms with Crippen LogP contribution in [0.1, 0.15) is 24.1 Å². The maximum Gasteiger partial charge on any atom is 0.201 e. The molecule has 2 unspecified atom stereocenters. The number of hydrogen-bond donors (Lipinski definition) is 1. The largest absolute Gasteiger partial charge is 0.485 e. The predicted octanol–water partition coefficient (Wildman–Crippen LogP) is 4.14. The van der Waals surface area contributed by atoms with E-state index in [1.54, 1.807) is 14.0 Å². The third-order valence-corrected chi connectivity index (χ3v) is 3.61. The fourth-order valence-electron chi connectivity index (χ4n) is 2.35. The normalized spacial score (nSPS) is 13.7. The van der Waals surface area contributed by atoms with Gasteiger partial charge in [0.1, 0.15) is 11.9 Å². The maximum absolute atomic E-state index is 13.9. The molecule has 0 spiro atoms. The van der Waals surface area contributed by atoms with E-state index >= 15 is 0 Å². The summed E-state index contributed by atoms with van der Waals surface area (Å²) in [7, 11) is 1.74. The fourth-order valence-corrected chi connectivity index (χ4v) is 2.35. The number of rotatable bonds is 5. The van der Waals surface area contributed by atoms with Gasteiger partial charge in [-0.05, 0) is 26.5 Å². The van der Waals surface area contributed by atoms with E-state index in [9.17, 15) is 13.2 Å². The average Bonchev–Trinajstić information content (AvgIpc) is 2.52. The Morgan fingerprint density at radius 2 is 1.68 bits per heavy atom. The molecule has 2 aromatic carbocycles. The van der Waals surface area contributed by atoms with Crippen LogP contribution in [0.2, 0.25) is 0 Å². The molecule has 0 bridgehead atoms. The van der Waals surface area contributed by atoms with Crippen molar-refractivity contribution in [2.75, 3.05) is 7.05 Å². The summed E-state index contributed by atoms with van der Waals surface area (Å²) in [5.41, 5.74) is 0.580. The Kier molecular flexibility index (Phi) is 5.08. The molecule has 0 fully saturated rings. The Hall–Kier alpha value is -2.01. The van der Waals surface area contributed by atoms with E-state index in [0.717, 1.165) is 11.6 Å². The van der Waals surface area contributed by atoms with Gasteiger partial charge in [-0.25, -0.2) is 8.78 Å². The van der Waals surface area contributed by atoms with Crippen LogP contribution >= 0.6 is 0 Å². The lowest BCUT2D eigenvalue weighted by atomic mass is 10.0. The van der Waals surface area contributed by atoms with E-state index in [0.29, 0.717) is 0 Å². The van der Waals surface area contributed by atoms with Crippen molar-refractivity contribution in [3.05, 3.63) is 65.0 Å². The minimum atomic E-state index is -1.22. The summed E-state index contributed by atoms with van der Waals surface area (Å²) in [6, 6.07) is 10.1. The van der Waals surface area contributed by atoms with Gasteiger partial charge in [0.05, 0.1) is 6.04 Å². The molecule has 0 saturated heterocycles. The van der Waals surface area contributed by atoms with Crippen LogP contribution in [0.25, 0.3) is 0 Å². The van der Waals surface area contributed by atoms with Crippen molar-refractivity contribution in [2.45, 2.75) is 26.0 Å². The second kappa shape index (κ2) is 6.83. The third kappa shape index (κ3) is 3.25. The van der Waals surface area contributed by atoms with E-state index in [-0.39, 0.29) is 11.6 Å². The van der Waals surface area contributed by atoms with Crippen LogP contribution in [0, 0.1) is 24.4 Å². The molecule has 0 saturated carbocycles. The van der Waals surface area contributed by atoms with Gasteiger partial charge >= 0.3 is 0 Å². The lowest BCUT2D eigenvalue weighted by Gasteiger charge is -2.25. The van der Waals surface area contributed by atoms with Gasteiger partial charge in [0.25, 0.3) is 0 Å². The number of likely N-dealkylation sites (N-methyl/N-ethyl adjacent to an activating group) is 1. The van der Waals surface area contributed by atoms with Gasteiger partial charge in [0.15, 0.2) is 11.6 Å². The molecule has 0 aliphatic carbocycles. The van der Waals surface area contributed by atoms with E-state index in [1.807, 2.05) is 30.3 Å². The van der Waals surface area contributed by atoms with Crippen LogP contribution in [0.3, 0.4) is 0 Å². The lowest BCUT2D eigenvalue weighted by Crippen LogP contribution is -2.31. The highest BCUT2D eigenvalue weighted by molar-refractivity contribution is 5.32. The highest BCUT2D eigenvalue weighted by atomic mass is 19.2. The smallest absolute Gasteiger partial charge is 0.201 e. The van der Waals surface area contributed by atoms with E-state index in [4.69, 9.17) is 4.74 Å². The molecule has 118 valence electrons. The Morgan fingerprint density at radius 1 is 1.05 bits per heavy atom. The first-order valence-corrected chi connectivity index (χ1v) is 6.98. The monoisotopic (exact) mass is 309 g/mol. The highest BCUT2D eigenvalue weighted by Gasteiger charge is 2.23. The molecule has 2 rings (SSSR count). The first kappa shape index (κ1) is 16.4. The molecule has 22 heavy (non-hydrogen) atoms. The van der Waals surface area contributed by atoms with Crippen LogP contribution in [0.5, 0.6) is 5.75 Å². The zero-order chi connectivity index (χ0) is 16.3. The summed E-state index contributed by atoms with van der Waals surface area (Å²) < 4.78 is 46.5. The first-order chi connectivity index (χ1) is 10.5. The lowest BCUT2D eigenvalue weighted by molar-refractivity contribution is 0.165. The first-order valence-electron chi connectivity index (χ1n) is 6.98. The zero-order valence-electron chi connectivity index (χ0n) is 12.7. The SMILES string of the molecule is CNC(c1ccccc1)C(C)Oc1cc(F)c(C)c(F)c1F. The highest BCUT2D eigenvalue weighted by Crippen LogP contribution is 2.28. The van der Waals surface area contributed by atoms with Crippen molar-refractivity contribution in [3.63, 3.8) is 0 Å². The van der Waals surface area contributed by atoms with Crippen LogP contribution in [-0.2, 0) is 0 Å². The molecular formula is C17H18F3NO. The Bertz CT molecular complexity index is 646. The average molecular weight is 309 g/mol. The summed E-state index contributed by atoms with van der Waals surface area (Å²) in [5, 5.41) is 3.06. The minimum Gasteiger partial charge on any atom is -0.485 e. The van der Waals surface area contributed by atoms with Crippen LogP contribution < -0.4 is 10.1 Å². The molecule has 2 nitrogen and oxygen atoms in total. The van der Waals surface area contributed by atoms with Crippen molar-refractivity contribution < 1.29 is 17.9 Å². The van der Waals surface area contributed by atoms with Crippen molar-refractivity contribution in [1.29, 1.82) is 0 Å². The topological polar surface area (TPSA) is 21.3 Å².